The summed E-state index contributed by atoms with van der Waals surface area (Å²) in [6.45, 7) is 6.00. The lowest BCUT2D eigenvalue weighted by Crippen LogP contribution is -2.43. The van der Waals surface area contributed by atoms with Crippen molar-refractivity contribution >= 4 is 0 Å². The number of aliphatic hydroxyl groups excluding tert-OH is 1. The molecule has 88 valence electrons. The van der Waals surface area contributed by atoms with Gasteiger partial charge in [0, 0.05) is 18.6 Å². The molecule has 2 fully saturated rings. The van der Waals surface area contributed by atoms with E-state index in [1.807, 2.05) is 0 Å². The average Bonchev–Trinajstić information content (AvgIpc) is 3.02. The molecule has 0 heterocycles. The van der Waals surface area contributed by atoms with Crippen molar-refractivity contribution in [3.05, 3.63) is 0 Å². The van der Waals surface area contributed by atoms with Crippen molar-refractivity contribution in [2.24, 2.45) is 11.8 Å². The molecule has 2 aliphatic carbocycles. The van der Waals surface area contributed by atoms with Crippen LogP contribution in [0.15, 0.2) is 0 Å². The van der Waals surface area contributed by atoms with Crippen LogP contribution in [0.1, 0.15) is 46.0 Å². The molecule has 0 amide bonds. The Hall–Kier alpha value is -0.0800. The summed E-state index contributed by atoms with van der Waals surface area (Å²) in [5.41, 5.74) is 0. The van der Waals surface area contributed by atoms with Gasteiger partial charge in [0.15, 0.2) is 0 Å². The Morgan fingerprint density at radius 3 is 2.20 bits per heavy atom. The van der Waals surface area contributed by atoms with Gasteiger partial charge in [-0.1, -0.05) is 13.8 Å². The molecule has 0 aliphatic heterocycles. The summed E-state index contributed by atoms with van der Waals surface area (Å²) in [5, 5.41) is 9.12. The second-order valence-corrected chi connectivity index (χ2v) is 5.61. The van der Waals surface area contributed by atoms with E-state index >= 15 is 0 Å². The fraction of sp³-hybridized carbons (Fsp3) is 1.00. The predicted molar refractivity (Wildman–Crippen MR) is 62.8 cm³/mol. The molecule has 3 unspecified atom stereocenters. The number of hydrogen-bond acceptors (Lipinski definition) is 2. The maximum atomic E-state index is 9.12. The van der Waals surface area contributed by atoms with Crippen LogP contribution in [0.4, 0.5) is 0 Å². The maximum absolute atomic E-state index is 9.12. The van der Waals surface area contributed by atoms with Crippen LogP contribution in [0.3, 0.4) is 0 Å². The van der Waals surface area contributed by atoms with Crippen molar-refractivity contribution in [1.29, 1.82) is 0 Å². The van der Waals surface area contributed by atoms with Gasteiger partial charge in [0.2, 0.25) is 0 Å². The molecule has 3 atom stereocenters. The molecule has 2 aliphatic rings. The fourth-order valence-electron chi connectivity index (χ4n) is 3.01. The molecule has 15 heavy (non-hydrogen) atoms. The van der Waals surface area contributed by atoms with Gasteiger partial charge in [0.05, 0.1) is 6.61 Å². The molecule has 2 saturated carbocycles. The summed E-state index contributed by atoms with van der Waals surface area (Å²) in [6, 6.07) is 1.57. The molecule has 2 heteroatoms. The number of rotatable bonds is 4. The Labute approximate surface area is 93.7 Å². The molecule has 2 rings (SSSR count). The first-order valence-electron chi connectivity index (χ1n) is 6.59. The lowest BCUT2D eigenvalue weighted by molar-refractivity contribution is 0.0838. The van der Waals surface area contributed by atoms with Crippen LogP contribution < -0.4 is 0 Å². The first-order valence-corrected chi connectivity index (χ1v) is 6.59. The third-order valence-electron chi connectivity index (χ3n) is 4.41. The van der Waals surface area contributed by atoms with Crippen molar-refractivity contribution in [3.8, 4) is 0 Å². The summed E-state index contributed by atoms with van der Waals surface area (Å²) in [4.78, 5) is 2.59. The lowest BCUT2D eigenvalue weighted by atomic mass is 9.78. The molecular formula is C13H25NO. The zero-order valence-corrected chi connectivity index (χ0v) is 10.2. The van der Waals surface area contributed by atoms with E-state index in [0.29, 0.717) is 6.61 Å². The molecule has 2 nitrogen and oxygen atoms in total. The highest BCUT2D eigenvalue weighted by Crippen LogP contribution is 2.37. The van der Waals surface area contributed by atoms with Crippen molar-refractivity contribution < 1.29 is 5.11 Å². The number of nitrogens with zero attached hydrogens (tertiary/aromatic N) is 1. The number of aliphatic hydroxyl groups is 1. The molecule has 1 N–H and O–H groups in total. The third kappa shape index (κ3) is 2.73. The van der Waals surface area contributed by atoms with Crippen molar-refractivity contribution in [2.75, 3.05) is 13.2 Å². The largest absolute Gasteiger partial charge is 0.395 e. The van der Waals surface area contributed by atoms with Gasteiger partial charge in [0.1, 0.15) is 0 Å². The molecule has 0 saturated heterocycles. The summed E-state index contributed by atoms with van der Waals surface area (Å²) in [6.07, 6.45) is 6.79. The second kappa shape index (κ2) is 4.84. The van der Waals surface area contributed by atoms with Crippen LogP contribution in [0.2, 0.25) is 0 Å². The Kier molecular flexibility index (Phi) is 3.68. The van der Waals surface area contributed by atoms with Crippen LogP contribution in [0.25, 0.3) is 0 Å². The SMILES string of the molecule is CC1CCC(N(CCO)C2CC2)CC1C. The van der Waals surface area contributed by atoms with E-state index in [4.69, 9.17) is 5.11 Å². The Bertz CT molecular complexity index is 203. The minimum atomic E-state index is 0.330. The molecule has 0 aromatic carbocycles. The van der Waals surface area contributed by atoms with Gasteiger partial charge in [-0.15, -0.1) is 0 Å². The smallest absolute Gasteiger partial charge is 0.0558 e. The Morgan fingerprint density at radius 1 is 1.00 bits per heavy atom. The molecule has 0 bridgehead atoms. The molecule has 0 aromatic rings. The number of hydrogen-bond donors (Lipinski definition) is 1. The van der Waals surface area contributed by atoms with Crippen LogP contribution in [-0.2, 0) is 0 Å². The monoisotopic (exact) mass is 211 g/mol. The fourth-order valence-corrected chi connectivity index (χ4v) is 3.01. The van der Waals surface area contributed by atoms with E-state index in [9.17, 15) is 0 Å². The topological polar surface area (TPSA) is 23.5 Å². The standard InChI is InChI=1S/C13H25NO/c1-10-3-4-13(9-11(10)2)14(7-8-15)12-5-6-12/h10-13,15H,3-9H2,1-2H3. The summed E-state index contributed by atoms with van der Waals surface area (Å²) >= 11 is 0. The van der Waals surface area contributed by atoms with Crippen molar-refractivity contribution in [2.45, 2.75) is 58.0 Å². The molecule has 0 radical (unpaired) electrons. The van der Waals surface area contributed by atoms with Gasteiger partial charge in [-0.25, -0.2) is 0 Å². The summed E-state index contributed by atoms with van der Waals surface area (Å²) in [7, 11) is 0. The van der Waals surface area contributed by atoms with E-state index in [-0.39, 0.29) is 0 Å². The summed E-state index contributed by atoms with van der Waals surface area (Å²) in [5.74, 6) is 1.76. The van der Waals surface area contributed by atoms with Gasteiger partial charge in [-0.3, -0.25) is 4.90 Å². The zero-order chi connectivity index (χ0) is 10.8. The first-order chi connectivity index (χ1) is 7.22. The molecule has 0 aromatic heterocycles. The van der Waals surface area contributed by atoms with Gasteiger partial charge < -0.3 is 5.11 Å². The van der Waals surface area contributed by atoms with Gasteiger partial charge in [0.25, 0.3) is 0 Å². The normalized spacial score (nSPS) is 37.2. The van der Waals surface area contributed by atoms with Gasteiger partial charge in [-0.2, -0.15) is 0 Å². The second-order valence-electron chi connectivity index (χ2n) is 5.61. The van der Waals surface area contributed by atoms with Crippen LogP contribution in [0, 0.1) is 11.8 Å². The third-order valence-corrected chi connectivity index (χ3v) is 4.41. The lowest BCUT2D eigenvalue weighted by Gasteiger charge is -2.39. The molecular weight excluding hydrogens is 186 g/mol. The highest BCUT2D eigenvalue weighted by Gasteiger charge is 2.36. The highest BCUT2D eigenvalue weighted by molar-refractivity contribution is 4.91. The van der Waals surface area contributed by atoms with Crippen molar-refractivity contribution in [3.63, 3.8) is 0 Å². The van der Waals surface area contributed by atoms with E-state index in [1.165, 1.54) is 32.1 Å². The zero-order valence-electron chi connectivity index (χ0n) is 10.2. The van der Waals surface area contributed by atoms with E-state index in [2.05, 4.69) is 18.7 Å². The van der Waals surface area contributed by atoms with Crippen LogP contribution in [-0.4, -0.2) is 35.2 Å². The molecule has 0 spiro atoms. The van der Waals surface area contributed by atoms with Gasteiger partial charge in [-0.05, 0) is 43.9 Å². The summed E-state index contributed by atoms with van der Waals surface area (Å²) < 4.78 is 0. The Balaban J connectivity index is 1.90. The highest BCUT2D eigenvalue weighted by atomic mass is 16.3. The minimum Gasteiger partial charge on any atom is -0.395 e. The minimum absolute atomic E-state index is 0.330. The van der Waals surface area contributed by atoms with Crippen LogP contribution in [0.5, 0.6) is 0 Å². The van der Waals surface area contributed by atoms with Gasteiger partial charge >= 0.3 is 0 Å². The maximum Gasteiger partial charge on any atom is 0.0558 e. The quantitative estimate of drug-likeness (QED) is 0.771. The van der Waals surface area contributed by atoms with Crippen molar-refractivity contribution in [1.82, 2.24) is 4.90 Å². The first kappa shape index (κ1) is 11.4. The Morgan fingerprint density at radius 2 is 1.67 bits per heavy atom. The predicted octanol–water partition coefficient (Wildman–Crippen LogP) is 2.27. The van der Waals surface area contributed by atoms with E-state index in [0.717, 1.165) is 30.5 Å². The van der Waals surface area contributed by atoms with E-state index < -0.39 is 0 Å². The average molecular weight is 211 g/mol. The van der Waals surface area contributed by atoms with E-state index in [1.54, 1.807) is 0 Å². The van der Waals surface area contributed by atoms with Crippen LogP contribution >= 0.6 is 0 Å².